The number of hydrogen-bond acceptors (Lipinski definition) is 5. The summed E-state index contributed by atoms with van der Waals surface area (Å²) in [5.74, 6) is 0.883. The average molecular weight is 418 g/mol. The van der Waals surface area contributed by atoms with Gasteiger partial charge in [0.05, 0.1) is 16.8 Å². The fraction of sp³-hybridized carbons (Fsp3) is 0.261. The lowest BCUT2D eigenvalue weighted by molar-refractivity contribution is -0.137. The number of ether oxygens (including phenoxy) is 1. The number of aromatic amines is 1. The number of imidazole rings is 1. The van der Waals surface area contributed by atoms with Gasteiger partial charge in [-0.1, -0.05) is 35.5 Å². The molecule has 2 atom stereocenters. The van der Waals surface area contributed by atoms with Crippen molar-refractivity contribution in [3.05, 3.63) is 70.0 Å². The highest BCUT2D eigenvalue weighted by Crippen LogP contribution is 2.44. The Hall–Kier alpha value is -3.81. The standard InChI is InChI=1S/C23H22N4O4/c1-12-17(13(2)31-25-12)15-10-11-16-19-20(15)30-21(22(28)26(3)4)18(27(19)23(29)24-16)14-8-6-5-7-9-14/h5-11,18,21H,1-4H3,(H,24,29)/t18-,21-/m1/s1. The van der Waals surface area contributed by atoms with E-state index >= 15 is 0 Å². The van der Waals surface area contributed by atoms with Gasteiger partial charge in [0, 0.05) is 19.7 Å². The Bertz CT molecular complexity index is 1340. The Labute approximate surface area is 178 Å². The number of benzene rings is 2. The largest absolute Gasteiger partial charge is 0.475 e. The maximum atomic E-state index is 13.2. The topological polar surface area (TPSA) is 93.4 Å². The van der Waals surface area contributed by atoms with Crippen LogP contribution in [0.1, 0.15) is 23.1 Å². The molecule has 4 aromatic rings. The van der Waals surface area contributed by atoms with Gasteiger partial charge in [-0.2, -0.15) is 0 Å². The third-order valence-corrected chi connectivity index (χ3v) is 5.77. The second-order valence-electron chi connectivity index (χ2n) is 7.96. The Balaban J connectivity index is 1.85. The summed E-state index contributed by atoms with van der Waals surface area (Å²) in [5, 5.41) is 4.06. The number of amides is 1. The second-order valence-corrected chi connectivity index (χ2v) is 7.96. The summed E-state index contributed by atoms with van der Waals surface area (Å²) >= 11 is 0. The van der Waals surface area contributed by atoms with Gasteiger partial charge in [-0.3, -0.25) is 9.36 Å². The highest BCUT2D eigenvalue weighted by atomic mass is 16.5. The molecule has 0 radical (unpaired) electrons. The molecule has 2 aromatic heterocycles. The minimum absolute atomic E-state index is 0.227. The maximum absolute atomic E-state index is 13.2. The van der Waals surface area contributed by atoms with Crippen LogP contribution in [0.5, 0.6) is 5.75 Å². The Morgan fingerprint density at radius 2 is 1.87 bits per heavy atom. The summed E-state index contributed by atoms with van der Waals surface area (Å²) in [5.41, 5.74) is 4.04. The van der Waals surface area contributed by atoms with Crippen LogP contribution >= 0.6 is 0 Å². The van der Waals surface area contributed by atoms with Gasteiger partial charge >= 0.3 is 5.69 Å². The van der Waals surface area contributed by atoms with Crippen molar-refractivity contribution in [1.82, 2.24) is 19.6 Å². The van der Waals surface area contributed by atoms with Crippen molar-refractivity contribution in [3.8, 4) is 16.9 Å². The van der Waals surface area contributed by atoms with Crippen molar-refractivity contribution in [2.45, 2.75) is 26.0 Å². The molecule has 1 amide bonds. The van der Waals surface area contributed by atoms with E-state index in [0.717, 1.165) is 16.7 Å². The molecule has 0 fully saturated rings. The van der Waals surface area contributed by atoms with Crippen LogP contribution in [0.3, 0.4) is 0 Å². The van der Waals surface area contributed by atoms with Crippen molar-refractivity contribution in [2.24, 2.45) is 0 Å². The van der Waals surface area contributed by atoms with Crippen LogP contribution in [0.25, 0.3) is 22.2 Å². The molecule has 0 unspecified atom stereocenters. The first-order valence-corrected chi connectivity index (χ1v) is 10.0. The minimum Gasteiger partial charge on any atom is -0.475 e. The van der Waals surface area contributed by atoms with Crippen LogP contribution in [-0.2, 0) is 4.79 Å². The lowest BCUT2D eigenvalue weighted by Gasteiger charge is -2.34. The first-order valence-electron chi connectivity index (χ1n) is 10.0. The number of likely N-dealkylation sites (N-methyl/N-ethyl adjacent to an activating group) is 1. The van der Waals surface area contributed by atoms with Crippen LogP contribution in [0.15, 0.2) is 51.8 Å². The number of hydrogen-bond donors (Lipinski definition) is 1. The molecule has 8 heteroatoms. The van der Waals surface area contributed by atoms with E-state index in [1.165, 1.54) is 4.90 Å². The molecular formula is C23H22N4O4. The molecule has 5 rings (SSSR count). The van der Waals surface area contributed by atoms with Crippen LogP contribution in [0.2, 0.25) is 0 Å². The van der Waals surface area contributed by atoms with Crippen LogP contribution < -0.4 is 10.4 Å². The summed E-state index contributed by atoms with van der Waals surface area (Å²) < 4.78 is 13.4. The smallest absolute Gasteiger partial charge is 0.327 e. The first kappa shape index (κ1) is 19.2. The van der Waals surface area contributed by atoms with Crippen molar-refractivity contribution in [1.29, 1.82) is 0 Å². The molecule has 2 aromatic carbocycles. The average Bonchev–Trinajstić information content (AvgIpc) is 3.28. The third-order valence-electron chi connectivity index (χ3n) is 5.77. The summed E-state index contributed by atoms with van der Waals surface area (Å²) in [6, 6.07) is 12.6. The van der Waals surface area contributed by atoms with E-state index in [1.54, 1.807) is 18.7 Å². The van der Waals surface area contributed by atoms with E-state index in [9.17, 15) is 9.59 Å². The zero-order valence-electron chi connectivity index (χ0n) is 17.7. The van der Waals surface area contributed by atoms with Gasteiger partial charge in [0.1, 0.15) is 17.3 Å². The molecule has 0 bridgehead atoms. The molecule has 31 heavy (non-hydrogen) atoms. The zero-order chi connectivity index (χ0) is 21.9. The molecule has 8 nitrogen and oxygen atoms in total. The fourth-order valence-electron chi connectivity index (χ4n) is 4.38. The predicted molar refractivity (Wildman–Crippen MR) is 115 cm³/mol. The highest BCUT2D eigenvalue weighted by molar-refractivity contribution is 5.94. The van der Waals surface area contributed by atoms with Crippen LogP contribution in [0.4, 0.5) is 0 Å². The van der Waals surface area contributed by atoms with Crippen molar-refractivity contribution in [3.63, 3.8) is 0 Å². The maximum Gasteiger partial charge on any atom is 0.327 e. The van der Waals surface area contributed by atoms with E-state index in [4.69, 9.17) is 9.26 Å². The molecule has 1 N–H and O–H groups in total. The summed E-state index contributed by atoms with van der Waals surface area (Å²) in [7, 11) is 3.36. The Morgan fingerprint density at radius 1 is 1.13 bits per heavy atom. The lowest BCUT2D eigenvalue weighted by Crippen LogP contribution is -2.47. The van der Waals surface area contributed by atoms with Gasteiger partial charge in [0.2, 0.25) is 6.10 Å². The SMILES string of the molecule is Cc1noc(C)c1-c1ccc2[nH]c(=O)n3c2c1O[C@@H](C(=O)N(C)C)[C@H]3c1ccccc1. The molecule has 158 valence electrons. The molecule has 1 aliphatic heterocycles. The van der Waals surface area contributed by atoms with Crippen LogP contribution in [-0.4, -0.2) is 45.7 Å². The van der Waals surface area contributed by atoms with E-state index in [-0.39, 0.29) is 11.6 Å². The van der Waals surface area contributed by atoms with Gasteiger partial charge in [0.25, 0.3) is 5.91 Å². The van der Waals surface area contributed by atoms with Crippen molar-refractivity contribution < 1.29 is 14.1 Å². The highest BCUT2D eigenvalue weighted by Gasteiger charge is 2.41. The van der Waals surface area contributed by atoms with Crippen molar-refractivity contribution in [2.75, 3.05) is 14.1 Å². The minimum atomic E-state index is -0.914. The monoisotopic (exact) mass is 418 g/mol. The number of carbonyl (C=O) groups is 1. The van der Waals surface area contributed by atoms with Gasteiger partial charge in [-0.05, 0) is 31.5 Å². The number of nitrogens with one attached hydrogen (secondary N) is 1. The van der Waals surface area contributed by atoms with Gasteiger partial charge in [0.15, 0.2) is 5.75 Å². The summed E-state index contributed by atoms with van der Waals surface area (Å²) in [6.45, 7) is 3.68. The van der Waals surface area contributed by atoms with Gasteiger partial charge in [-0.15, -0.1) is 0 Å². The number of carbonyl (C=O) groups excluding carboxylic acids is 1. The number of aromatic nitrogens is 3. The van der Waals surface area contributed by atoms with Gasteiger partial charge < -0.3 is 19.1 Å². The summed E-state index contributed by atoms with van der Waals surface area (Å²) in [6.07, 6.45) is -0.914. The molecule has 0 saturated carbocycles. The molecule has 0 saturated heterocycles. The molecule has 0 spiro atoms. The normalized spacial score (nSPS) is 17.5. The Morgan fingerprint density at radius 3 is 2.52 bits per heavy atom. The number of H-pyrrole nitrogens is 1. The van der Waals surface area contributed by atoms with Crippen LogP contribution in [0, 0.1) is 13.8 Å². The number of aryl methyl sites for hydroxylation is 2. The van der Waals surface area contributed by atoms with Crippen molar-refractivity contribution >= 4 is 16.9 Å². The predicted octanol–water partition coefficient (Wildman–Crippen LogP) is 3.04. The third kappa shape index (κ3) is 2.78. The van der Waals surface area contributed by atoms with E-state index < -0.39 is 12.1 Å². The molecule has 3 heterocycles. The summed E-state index contributed by atoms with van der Waals surface area (Å²) in [4.78, 5) is 30.7. The van der Waals surface area contributed by atoms with Gasteiger partial charge in [-0.25, -0.2) is 4.79 Å². The zero-order valence-corrected chi connectivity index (χ0v) is 17.7. The van der Waals surface area contributed by atoms with E-state index in [1.807, 2.05) is 56.3 Å². The number of rotatable bonds is 3. The van der Waals surface area contributed by atoms with E-state index in [0.29, 0.717) is 28.2 Å². The second kappa shape index (κ2) is 6.87. The molecule has 1 aliphatic rings. The first-order chi connectivity index (χ1) is 14.9. The molecule has 0 aliphatic carbocycles. The Kier molecular flexibility index (Phi) is 4.25. The lowest BCUT2D eigenvalue weighted by atomic mass is 9.96. The fourth-order valence-corrected chi connectivity index (χ4v) is 4.38. The quantitative estimate of drug-likeness (QED) is 0.552. The molecular weight excluding hydrogens is 396 g/mol. The van der Waals surface area contributed by atoms with E-state index in [2.05, 4.69) is 10.1 Å². The number of nitrogens with zero attached hydrogens (tertiary/aromatic N) is 3.